The highest BCUT2D eigenvalue weighted by molar-refractivity contribution is 8.38. The van der Waals surface area contributed by atoms with Crippen LogP contribution < -0.4 is 5.43 Å². The van der Waals surface area contributed by atoms with E-state index in [1.54, 1.807) is 35.7 Å². The Balaban J connectivity index is 2.19. The molecule has 1 aromatic carbocycles. The standard InChI is InChI=1S/C18H28N2OS2/c1-3-4-5-6-7-8-12-15-23-18(22-2)20-19-17(21)16-13-10-9-11-14-16/h9-11,13-14H,3-8,12,15H2,1-2H3,(H,19,21)/b20-18-. The minimum absolute atomic E-state index is 0.159. The van der Waals surface area contributed by atoms with Crippen molar-refractivity contribution in [2.24, 2.45) is 5.10 Å². The van der Waals surface area contributed by atoms with Crippen LogP contribution in [0.1, 0.15) is 62.2 Å². The Morgan fingerprint density at radius 3 is 2.35 bits per heavy atom. The summed E-state index contributed by atoms with van der Waals surface area (Å²) >= 11 is 3.31. The Morgan fingerprint density at radius 2 is 1.70 bits per heavy atom. The molecule has 128 valence electrons. The molecule has 1 amide bonds. The van der Waals surface area contributed by atoms with Crippen LogP contribution in [0.2, 0.25) is 0 Å². The van der Waals surface area contributed by atoms with Crippen LogP contribution >= 0.6 is 23.5 Å². The van der Waals surface area contributed by atoms with E-state index in [1.165, 1.54) is 44.9 Å². The van der Waals surface area contributed by atoms with Crippen molar-refractivity contribution in [3.05, 3.63) is 35.9 Å². The van der Waals surface area contributed by atoms with Gasteiger partial charge in [-0.1, -0.05) is 75.4 Å². The molecule has 0 saturated carbocycles. The van der Waals surface area contributed by atoms with Gasteiger partial charge in [-0.05, 0) is 24.8 Å². The van der Waals surface area contributed by atoms with Gasteiger partial charge in [-0.15, -0.1) is 11.8 Å². The van der Waals surface area contributed by atoms with Crippen molar-refractivity contribution in [2.45, 2.75) is 51.9 Å². The van der Waals surface area contributed by atoms with Gasteiger partial charge in [0, 0.05) is 11.3 Å². The van der Waals surface area contributed by atoms with Crippen molar-refractivity contribution in [1.82, 2.24) is 5.43 Å². The second-order valence-corrected chi connectivity index (χ2v) is 7.50. The number of thioether (sulfide) groups is 2. The maximum atomic E-state index is 11.9. The summed E-state index contributed by atoms with van der Waals surface area (Å²) in [4.78, 5) is 11.9. The van der Waals surface area contributed by atoms with Crippen molar-refractivity contribution in [1.29, 1.82) is 0 Å². The number of hydrazone groups is 1. The number of rotatable bonds is 10. The number of amides is 1. The highest BCUT2D eigenvalue weighted by atomic mass is 32.2. The molecule has 3 nitrogen and oxygen atoms in total. The van der Waals surface area contributed by atoms with Crippen LogP contribution in [0.25, 0.3) is 0 Å². The average Bonchev–Trinajstić information content (AvgIpc) is 2.60. The summed E-state index contributed by atoms with van der Waals surface area (Å²) in [5.74, 6) is 0.906. The van der Waals surface area contributed by atoms with Gasteiger partial charge in [-0.25, -0.2) is 5.43 Å². The predicted molar refractivity (Wildman–Crippen MR) is 105 cm³/mol. The van der Waals surface area contributed by atoms with Crippen LogP contribution in [-0.2, 0) is 0 Å². The van der Waals surface area contributed by atoms with Crippen molar-refractivity contribution in [2.75, 3.05) is 12.0 Å². The first-order chi connectivity index (χ1) is 11.3. The fourth-order valence-electron chi connectivity index (χ4n) is 2.11. The van der Waals surface area contributed by atoms with E-state index in [2.05, 4.69) is 17.5 Å². The van der Waals surface area contributed by atoms with E-state index in [9.17, 15) is 4.79 Å². The lowest BCUT2D eigenvalue weighted by atomic mass is 10.1. The van der Waals surface area contributed by atoms with Crippen LogP contribution in [0.3, 0.4) is 0 Å². The third kappa shape index (κ3) is 9.72. The quantitative estimate of drug-likeness (QED) is 0.260. The van der Waals surface area contributed by atoms with E-state index in [0.717, 1.165) is 10.1 Å². The Hall–Kier alpha value is -0.940. The van der Waals surface area contributed by atoms with Gasteiger partial charge in [0.05, 0.1) is 0 Å². The van der Waals surface area contributed by atoms with E-state index >= 15 is 0 Å². The highest BCUT2D eigenvalue weighted by Gasteiger charge is 2.04. The molecule has 5 heteroatoms. The number of benzene rings is 1. The van der Waals surface area contributed by atoms with Gasteiger partial charge >= 0.3 is 0 Å². The molecular formula is C18H28N2OS2. The number of carbonyl (C=O) groups is 1. The number of carbonyl (C=O) groups excluding carboxylic acids is 1. The zero-order valence-electron chi connectivity index (χ0n) is 14.2. The summed E-state index contributed by atoms with van der Waals surface area (Å²) < 4.78 is 0.917. The van der Waals surface area contributed by atoms with Crippen LogP contribution in [0.5, 0.6) is 0 Å². The van der Waals surface area contributed by atoms with Crippen molar-refractivity contribution in [3.63, 3.8) is 0 Å². The summed E-state index contributed by atoms with van der Waals surface area (Å²) in [7, 11) is 0. The fraction of sp³-hybridized carbons (Fsp3) is 0.556. The van der Waals surface area contributed by atoms with E-state index in [1.807, 2.05) is 24.5 Å². The SMILES string of the molecule is CCCCCCCCCS/C(=N\NC(=O)c1ccccc1)SC. The summed E-state index contributed by atoms with van der Waals surface area (Å²) in [5.41, 5.74) is 3.27. The minimum Gasteiger partial charge on any atom is -0.267 e. The first kappa shape index (κ1) is 20.1. The molecule has 0 bridgehead atoms. The lowest BCUT2D eigenvalue weighted by molar-refractivity contribution is 0.0955. The van der Waals surface area contributed by atoms with Gasteiger partial charge in [0.1, 0.15) is 4.38 Å². The largest absolute Gasteiger partial charge is 0.271 e. The number of hydrogen-bond acceptors (Lipinski definition) is 4. The summed E-state index contributed by atoms with van der Waals surface area (Å²) in [6.45, 7) is 2.25. The summed E-state index contributed by atoms with van der Waals surface area (Å²) in [6, 6.07) is 9.17. The Morgan fingerprint density at radius 1 is 1.04 bits per heavy atom. The molecule has 0 spiro atoms. The van der Waals surface area contributed by atoms with E-state index < -0.39 is 0 Å². The molecule has 0 aliphatic carbocycles. The van der Waals surface area contributed by atoms with E-state index in [-0.39, 0.29) is 5.91 Å². The lowest BCUT2D eigenvalue weighted by Crippen LogP contribution is -2.18. The smallest absolute Gasteiger partial charge is 0.267 e. The Labute approximate surface area is 149 Å². The first-order valence-corrected chi connectivity index (χ1v) is 10.6. The van der Waals surface area contributed by atoms with Crippen LogP contribution in [0.15, 0.2) is 35.4 Å². The fourth-order valence-corrected chi connectivity index (χ4v) is 3.60. The monoisotopic (exact) mass is 352 g/mol. The maximum absolute atomic E-state index is 11.9. The number of unbranched alkanes of at least 4 members (excludes halogenated alkanes) is 6. The van der Waals surface area contributed by atoms with Gasteiger partial charge in [0.2, 0.25) is 0 Å². The normalized spacial score (nSPS) is 11.5. The topological polar surface area (TPSA) is 41.5 Å². The molecule has 0 heterocycles. The molecule has 0 fully saturated rings. The van der Waals surface area contributed by atoms with Crippen molar-refractivity contribution >= 4 is 33.8 Å². The van der Waals surface area contributed by atoms with Crippen molar-refractivity contribution in [3.8, 4) is 0 Å². The molecule has 0 aromatic heterocycles. The Bertz CT molecular complexity index is 463. The molecule has 0 unspecified atom stereocenters. The summed E-state index contributed by atoms with van der Waals surface area (Å²) in [5, 5.41) is 4.22. The second-order valence-electron chi connectivity index (χ2n) is 5.36. The van der Waals surface area contributed by atoms with Gasteiger partial charge in [-0.2, -0.15) is 5.10 Å². The van der Waals surface area contributed by atoms with Gasteiger partial charge in [0.25, 0.3) is 5.91 Å². The van der Waals surface area contributed by atoms with Crippen molar-refractivity contribution < 1.29 is 4.79 Å². The summed E-state index contributed by atoms with van der Waals surface area (Å²) in [6.07, 6.45) is 11.2. The molecular weight excluding hydrogens is 324 g/mol. The number of nitrogens with zero attached hydrogens (tertiary/aromatic N) is 1. The molecule has 1 rings (SSSR count). The predicted octanol–water partition coefficient (Wildman–Crippen LogP) is 5.53. The molecule has 1 aromatic rings. The number of hydrogen-bond donors (Lipinski definition) is 1. The maximum Gasteiger partial charge on any atom is 0.271 e. The van der Waals surface area contributed by atoms with E-state index in [0.29, 0.717) is 5.56 Å². The zero-order valence-corrected chi connectivity index (χ0v) is 15.8. The molecule has 0 saturated heterocycles. The van der Waals surface area contributed by atoms with Crippen LogP contribution in [0.4, 0.5) is 0 Å². The van der Waals surface area contributed by atoms with Gasteiger partial charge < -0.3 is 0 Å². The minimum atomic E-state index is -0.159. The van der Waals surface area contributed by atoms with Gasteiger partial charge in [-0.3, -0.25) is 4.79 Å². The molecule has 0 aliphatic heterocycles. The van der Waals surface area contributed by atoms with Crippen LogP contribution in [-0.4, -0.2) is 22.3 Å². The Kier molecular flexibility index (Phi) is 11.8. The second kappa shape index (κ2) is 13.5. The molecule has 23 heavy (non-hydrogen) atoms. The van der Waals surface area contributed by atoms with Crippen LogP contribution in [0, 0.1) is 0 Å². The molecule has 1 N–H and O–H groups in total. The lowest BCUT2D eigenvalue weighted by Gasteiger charge is -2.05. The van der Waals surface area contributed by atoms with E-state index in [4.69, 9.17) is 0 Å². The number of nitrogens with one attached hydrogen (secondary N) is 1. The third-order valence-corrected chi connectivity index (χ3v) is 5.56. The molecule has 0 radical (unpaired) electrons. The molecule has 0 atom stereocenters. The highest BCUT2D eigenvalue weighted by Crippen LogP contribution is 2.17. The van der Waals surface area contributed by atoms with Gasteiger partial charge in [0.15, 0.2) is 0 Å². The first-order valence-electron chi connectivity index (χ1n) is 8.37. The average molecular weight is 353 g/mol. The zero-order chi connectivity index (χ0) is 16.8. The molecule has 0 aliphatic rings. The third-order valence-electron chi connectivity index (χ3n) is 3.43.